The van der Waals surface area contributed by atoms with Crippen LogP contribution in [0.3, 0.4) is 0 Å². The highest BCUT2D eigenvalue weighted by Gasteiger charge is 2.35. The fourth-order valence-electron chi connectivity index (χ4n) is 5.82. The van der Waals surface area contributed by atoms with Gasteiger partial charge in [-0.1, -0.05) is 19.6 Å². The van der Waals surface area contributed by atoms with Gasteiger partial charge in [-0.15, -0.1) is 5.10 Å². The lowest BCUT2D eigenvalue weighted by atomic mass is 10.0. The van der Waals surface area contributed by atoms with Gasteiger partial charge in [-0.05, 0) is 37.4 Å². The Hall–Kier alpha value is -4.02. The van der Waals surface area contributed by atoms with Gasteiger partial charge in [-0.3, -0.25) is 0 Å². The average Bonchev–Trinajstić information content (AvgIpc) is 3.58. The number of aromatic nitrogens is 6. The van der Waals surface area contributed by atoms with Crippen LogP contribution in [0.2, 0.25) is 25.7 Å². The molecule has 6 rings (SSSR count). The minimum absolute atomic E-state index is 0.0374. The number of rotatable bonds is 13. The molecule has 0 radical (unpaired) electrons. The zero-order valence-corrected chi connectivity index (χ0v) is 29.5. The molecule has 0 unspecified atom stereocenters. The second kappa shape index (κ2) is 14.1. The van der Waals surface area contributed by atoms with E-state index >= 15 is 8.78 Å². The van der Waals surface area contributed by atoms with Crippen LogP contribution in [0.15, 0.2) is 36.7 Å². The van der Waals surface area contributed by atoms with Crippen LogP contribution in [-0.2, 0) is 18.5 Å². The molecule has 1 N–H and O–H groups in total. The predicted octanol–water partition coefficient (Wildman–Crippen LogP) is 6.25. The summed E-state index contributed by atoms with van der Waals surface area (Å²) in [6.45, 7) is 9.84. The average molecular weight is 702 g/mol. The van der Waals surface area contributed by atoms with E-state index in [0.29, 0.717) is 53.7 Å². The molecule has 264 valence electrons. The number of likely N-dealkylation sites (tertiary alicyclic amines) is 1. The number of alkyl halides is 2. The lowest BCUT2D eigenvalue weighted by Gasteiger charge is -2.36. The third-order valence-electron chi connectivity index (χ3n) is 8.76. The first-order valence-electron chi connectivity index (χ1n) is 16.5. The van der Waals surface area contributed by atoms with Gasteiger partial charge in [0.1, 0.15) is 12.5 Å². The highest BCUT2D eigenvalue weighted by molar-refractivity contribution is 6.76. The number of halogens is 4. The fourth-order valence-corrected chi connectivity index (χ4v) is 6.57. The number of nitrogens with one attached hydrogen (secondary N) is 1. The van der Waals surface area contributed by atoms with Crippen LogP contribution in [-0.4, -0.2) is 94.9 Å². The molecule has 0 saturated carbocycles. The van der Waals surface area contributed by atoms with Crippen molar-refractivity contribution in [2.75, 3.05) is 56.7 Å². The molecular formula is C33H43F4N9O2Si. The number of aryl methyl sites for hydroxylation is 1. The Kier molecular flexibility index (Phi) is 10.0. The Bertz CT molecular complexity index is 1760. The van der Waals surface area contributed by atoms with Gasteiger partial charge in [0.25, 0.3) is 5.92 Å². The second-order valence-corrected chi connectivity index (χ2v) is 19.8. The number of hydrogen-bond acceptors (Lipinski definition) is 9. The van der Waals surface area contributed by atoms with Crippen LogP contribution in [0.1, 0.15) is 12.8 Å². The fraction of sp³-hybridized carbons (Fsp3) is 0.515. The molecule has 2 aliphatic rings. The SMILES string of the molecule is CN1CC(COc2cc(-c3nc(Nc4ccc(-c5cnn(COCC[Si](C)(C)C)c5F)c(F)c4)n(C)n3)cnc2N2CCC(F)(F)CC2)C1. The van der Waals surface area contributed by atoms with E-state index in [2.05, 4.69) is 50.0 Å². The minimum Gasteiger partial charge on any atom is -0.489 e. The first-order chi connectivity index (χ1) is 23.2. The molecule has 0 atom stereocenters. The van der Waals surface area contributed by atoms with E-state index in [9.17, 15) is 8.78 Å². The van der Waals surface area contributed by atoms with E-state index in [0.717, 1.165) is 23.8 Å². The van der Waals surface area contributed by atoms with E-state index in [1.54, 1.807) is 25.4 Å². The van der Waals surface area contributed by atoms with E-state index in [1.807, 2.05) is 11.9 Å². The molecule has 0 amide bonds. The van der Waals surface area contributed by atoms with Gasteiger partial charge < -0.3 is 24.6 Å². The molecule has 16 heteroatoms. The predicted molar refractivity (Wildman–Crippen MR) is 182 cm³/mol. The van der Waals surface area contributed by atoms with E-state index in [1.165, 1.54) is 23.0 Å². The Morgan fingerprint density at radius 2 is 1.78 bits per heavy atom. The topological polar surface area (TPSA) is 98.4 Å². The first kappa shape index (κ1) is 34.8. The quantitative estimate of drug-likeness (QED) is 0.0986. The first-order valence-corrected chi connectivity index (χ1v) is 20.2. The van der Waals surface area contributed by atoms with Crippen LogP contribution in [0.5, 0.6) is 5.75 Å². The Morgan fingerprint density at radius 3 is 2.47 bits per heavy atom. The van der Waals surface area contributed by atoms with E-state index in [-0.39, 0.29) is 43.8 Å². The molecule has 0 bridgehead atoms. The van der Waals surface area contributed by atoms with Gasteiger partial charge in [-0.2, -0.15) is 14.5 Å². The molecule has 3 aromatic heterocycles. The van der Waals surface area contributed by atoms with Crippen LogP contribution in [0.4, 0.5) is 35.0 Å². The number of benzene rings is 1. The molecule has 2 fully saturated rings. The van der Waals surface area contributed by atoms with Crippen molar-refractivity contribution in [3.05, 3.63) is 48.4 Å². The molecule has 5 heterocycles. The number of ether oxygens (including phenoxy) is 2. The summed E-state index contributed by atoms with van der Waals surface area (Å²) in [5.41, 5.74) is 1.07. The summed E-state index contributed by atoms with van der Waals surface area (Å²) in [5.74, 6) is -1.93. The second-order valence-electron chi connectivity index (χ2n) is 14.2. The highest BCUT2D eigenvalue weighted by Crippen LogP contribution is 2.36. The molecule has 0 spiro atoms. The third-order valence-corrected chi connectivity index (χ3v) is 10.5. The van der Waals surface area contributed by atoms with E-state index < -0.39 is 25.8 Å². The molecule has 49 heavy (non-hydrogen) atoms. The normalized spacial score (nSPS) is 17.0. The summed E-state index contributed by atoms with van der Waals surface area (Å²) in [7, 11) is 2.45. The van der Waals surface area contributed by atoms with Crippen molar-refractivity contribution >= 4 is 25.5 Å². The van der Waals surface area contributed by atoms with Crippen molar-refractivity contribution in [3.63, 3.8) is 0 Å². The van der Waals surface area contributed by atoms with Crippen molar-refractivity contribution in [2.24, 2.45) is 13.0 Å². The third kappa shape index (κ3) is 8.41. The zero-order chi connectivity index (χ0) is 34.9. The lowest BCUT2D eigenvalue weighted by Crippen LogP contribution is -2.46. The Balaban J connectivity index is 1.16. The largest absolute Gasteiger partial charge is 0.489 e. The molecule has 11 nitrogen and oxygen atoms in total. The monoisotopic (exact) mass is 701 g/mol. The molecular weight excluding hydrogens is 659 g/mol. The van der Waals surface area contributed by atoms with Gasteiger partial charge in [0.2, 0.25) is 11.9 Å². The number of pyridine rings is 1. The van der Waals surface area contributed by atoms with Crippen molar-refractivity contribution in [2.45, 2.75) is 51.2 Å². The van der Waals surface area contributed by atoms with Crippen molar-refractivity contribution < 1.29 is 27.0 Å². The number of piperidine rings is 1. The molecule has 2 aliphatic heterocycles. The van der Waals surface area contributed by atoms with Crippen LogP contribution in [0.25, 0.3) is 22.5 Å². The summed E-state index contributed by atoms with van der Waals surface area (Å²) in [5, 5.41) is 11.6. The van der Waals surface area contributed by atoms with Crippen LogP contribution in [0, 0.1) is 17.7 Å². The van der Waals surface area contributed by atoms with Gasteiger partial charge in [0, 0.05) is 89.7 Å². The molecule has 4 aromatic rings. The molecule has 2 saturated heterocycles. The van der Waals surface area contributed by atoms with Crippen LogP contribution >= 0.6 is 0 Å². The number of nitrogens with zero attached hydrogens (tertiary/aromatic N) is 8. The maximum Gasteiger partial charge on any atom is 0.251 e. The summed E-state index contributed by atoms with van der Waals surface area (Å²) >= 11 is 0. The van der Waals surface area contributed by atoms with Crippen molar-refractivity contribution in [1.29, 1.82) is 0 Å². The number of hydrogen-bond donors (Lipinski definition) is 1. The lowest BCUT2D eigenvalue weighted by molar-refractivity contribution is -0.0222. The van der Waals surface area contributed by atoms with Gasteiger partial charge in [0.05, 0.1) is 18.4 Å². The smallest absolute Gasteiger partial charge is 0.251 e. The molecule has 1 aromatic carbocycles. The highest BCUT2D eigenvalue weighted by atomic mass is 28.3. The van der Waals surface area contributed by atoms with Gasteiger partial charge in [-0.25, -0.2) is 27.5 Å². The summed E-state index contributed by atoms with van der Waals surface area (Å²) in [6, 6.07) is 7.09. The van der Waals surface area contributed by atoms with Crippen molar-refractivity contribution in [3.8, 4) is 28.3 Å². The summed E-state index contributed by atoms with van der Waals surface area (Å²) in [4.78, 5) is 13.3. The maximum atomic E-state index is 15.3. The standard InChI is InChI=1S/C33H43F4N9O2Si/c1-43-18-22(19-43)20-48-28-14-23(16-38-31(28)45-10-8-33(36,37)9-11-45)30-41-32(44(2)42-30)40-24-6-7-25(27(34)15-24)26-17-39-46(29(26)35)21-47-12-13-49(3,4)5/h6-7,14-17,22H,8-13,18-21H2,1-5H3,(H,40,41,42). The van der Waals surface area contributed by atoms with Crippen molar-refractivity contribution in [1.82, 2.24) is 34.4 Å². The Morgan fingerprint density at radius 1 is 1.02 bits per heavy atom. The summed E-state index contributed by atoms with van der Waals surface area (Å²) < 4.78 is 72.6. The summed E-state index contributed by atoms with van der Waals surface area (Å²) in [6.07, 6.45) is 2.41. The van der Waals surface area contributed by atoms with Gasteiger partial charge >= 0.3 is 0 Å². The van der Waals surface area contributed by atoms with Gasteiger partial charge in [0.15, 0.2) is 17.4 Å². The zero-order valence-electron chi connectivity index (χ0n) is 28.5. The van der Waals surface area contributed by atoms with E-state index in [4.69, 9.17) is 9.47 Å². The maximum absolute atomic E-state index is 15.3. The number of anilines is 3. The van der Waals surface area contributed by atoms with Crippen LogP contribution < -0.4 is 15.0 Å². The Labute approximate surface area is 284 Å². The minimum atomic E-state index is -2.68. The molecule has 0 aliphatic carbocycles.